The van der Waals surface area contributed by atoms with Gasteiger partial charge in [-0.3, -0.25) is 4.79 Å². The van der Waals surface area contributed by atoms with Gasteiger partial charge in [-0.25, -0.2) is 0 Å². The highest BCUT2D eigenvalue weighted by atomic mass is 35.5. The van der Waals surface area contributed by atoms with Gasteiger partial charge in [0.15, 0.2) is 0 Å². The zero-order chi connectivity index (χ0) is 15.4. The molecule has 3 atom stereocenters. The Hall–Kier alpha value is -0.620. The molecule has 0 bridgehead atoms. The summed E-state index contributed by atoms with van der Waals surface area (Å²) in [5.41, 5.74) is 6.47. The molecule has 0 fully saturated rings. The third-order valence-electron chi connectivity index (χ3n) is 2.80. The molecule has 0 radical (unpaired) electrons. The van der Waals surface area contributed by atoms with E-state index in [1.165, 1.54) is 23.9 Å². The van der Waals surface area contributed by atoms with E-state index in [2.05, 4.69) is 5.32 Å². The predicted octanol–water partition coefficient (Wildman–Crippen LogP) is 3.41. The predicted molar refractivity (Wildman–Crippen MR) is 87.7 cm³/mol. The first-order valence-corrected chi connectivity index (χ1v) is 7.81. The number of benzene rings is 1. The highest BCUT2D eigenvalue weighted by Crippen LogP contribution is 2.32. The summed E-state index contributed by atoms with van der Waals surface area (Å²) in [6.45, 7) is 5.32. The van der Waals surface area contributed by atoms with Gasteiger partial charge in [0, 0.05) is 10.3 Å². The number of nitrogens with one attached hydrogen (secondary N) is 1. The van der Waals surface area contributed by atoms with E-state index in [1.54, 1.807) is 13.8 Å². The van der Waals surface area contributed by atoms with Crippen molar-refractivity contribution in [3.05, 3.63) is 22.2 Å². The summed E-state index contributed by atoms with van der Waals surface area (Å²) >= 11 is 13.2. The zero-order valence-corrected chi connectivity index (χ0v) is 13.8. The molecule has 0 aromatic heterocycles. The Kier molecular flexibility index (Phi) is 6.45. The van der Waals surface area contributed by atoms with Gasteiger partial charge in [0.25, 0.3) is 0 Å². The quantitative estimate of drug-likeness (QED) is 0.720. The molecule has 0 saturated heterocycles. The van der Waals surface area contributed by atoms with Crippen molar-refractivity contribution < 1.29 is 9.90 Å². The van der Waals surface area contributed by atoms with Crippen LogP contribution < -0.4 is 11.1 Å². The van der Waals surface area contributed by atoms with E-state index >= 15 is 0 Å². The van der Waals surface area contributed by atoms with Gasteiger partial charge >= 0.3 is 0 Å². The highest BCUT2D eigenvalue weighted by Gasteiger charge is 2.21. The summed E-state index contributed by atoms with van der Waals surface area (Å²) in [6.07, 6.45) is -0.487. The number of nitrogens with two attached hydrogens (primary N) is 1. The second kappa shape index (κ2) is 7.41. The second-order valence-electron chi connectivity index (χ2n) is 4.57. The van der Waals surface area contributed by atoms with E-state index in [-0.39, 0.29) is 16.4 Å². The molecule has 1 aromatic carbocycles. The maximum absolute atomic E-state index is 12.1. The molecule has 1 aromatic rings. The summed E-state index contributed by atoms with van der Waals surface area (Å²) in [7, 11) is 0. The number of hydrogen-bond acceptors (Lipinski definition) is 4. The lowest BCUT2D eigenvalue weighted by atomic mass is 10.2. The Morgan fingerprint density at radius 1 is 1.35 bits per heavy atom. The van der Waals surface area contributed by atoms with E-state index in [0.29, 0.717) is 21.4 Å². The Bertz CT molecular complexity index is 474. The molecule has 0 aliphatic rings. The van der Waals surface area contributed by atoms with Crippen LogP contribution in [-0.2, 0) is 4.79 Å². The molecule has 0 aliphatic carbocycles. The van der Waals surface area contributed by atoms with Crippen LogP contribution in [0.2, 0.25) is 10.0 Å². The Balaban J connectivity index is 2.76. The molecular formula is C13H18Cl2N2O2S. The molecule has 0 heterocycles. The third-order valence-corrected chi connectivity index (χ3v) is 4.76. The fourth-order valence-electron chi connectivity index (χ4n) is 1.45. The SMILES string of the molecule is CC(SC(C)C(C)O)C(=O)Nc1c(N)cc(Cl)cc1Cl. The lowest BCUT2D eigenvalue weighted by Gasteiger charge is -2.19. The number of hydrogen-bond donors (Lipinski definition) is 3. The number of nitrogen functional groups attached to an aromatic ring is 1. The number of anilines is 2. The molecule has 0 saturated carbocycles. The average Bonchev–Trinajstić information content (AvgIpc) is 2.32. The molecule has 1 amide bonds. The van der Waals surface area contributed by atoms with Gasteiger partial charge in [0.1, 0.15) is 0 Å². The standard InChI is InChI=1S/C13H18Cl2N2O2S/c1-6(18)7(2)20-8(3)13(19)17-12-10(15)4-9(14)5-11(12)16/h4-8,18H,16H2,1-3H3,(H,17,19). The van der Waals surface area contributed by atoms with E-state index in [1.807, 2.05) is 6.92 Å². The fourth-order valence-corrected chi connectivity index (χ4v) is 3.06. The average molecular weight is 337 g/mol. The van der Waals surface area contributed by atoms with Crippen LogP contribution >= 0.6 is 35.0 Å². The minimum Gasteiger partial charge on any atom is -0.397 e. The van der Waals surface area contributed by atoms with Crippen LogP contribution in [0.1, 0.15) is 20.8 Å². The van der Waals surface area contributed by atoms with Crippen LogP contribution in [0.25, 0.3) is 0 Å². The van der Waals surface area contributed by atoms with E-state index in [0.717, 1.165) is 0 Å². The van der Waals surface area contributed by atoms with Crippen molar-refractivity contribution in [1.82, 2.24) is 0 Å². The van der Waals surface area contributed by atoms with E-state index in [4.69, 9.17) is 28.9 Å². The number of amides is 1. The van der Waals surface area contributed by atoms with Gasteiger partial charge in [0.05, 0.1) is 27.8 Å². The number of halogens is 2. The van der Waals surface area contributed by atoms with Crippen molar-refractivity contribution in [2.24, 2.45) is 0 Å². The summed E-state index contributed by atoms with van der Waals surface area (Å²) in [4.78, 5) is 12.1. The maximum Gasteiger partial charge on any atom is 0.237 e. The molecule has 0 spiro atoms. The minimum absolute atomic E-state index is 0.0474. The Morgan fingerprint density at radius 3 is 2.45 bits per heavy atom. The summed E-state index contributed by atoms with van der Waals surface area (Å²) in [5.74, 6) is -0.224. The topological polar surface area (TPSA) is 75.3 Å². The van der Waals surface area contributed by atoms with Gasteiger partial charge in [-0.1, -0.05) is 30.1 Å². The smallest absolute Gasteiger partial charge is 0.237 e. The van der Waals surface area contributed by atoms with Crippen LogP contribution in [0.4, 0.5) is 11.4 Å². The normalized spacial score (nSPS) is 15.5. The molecule has 4 N–H and O–H groups in total. The largest absolute Gasteiger partial charge is 0.397 e. The number of carbonyl (C=O) groups excluding carboxylic acids is 1. The molecular weight excluding hydrogens is 319 g/mol. The van der Waals surface area contributed by atoms with Crippen molar-refractivity contribution in [3.8, 4) is 0 Å². The van der Waals surface area contributed by atoms with Crippen LogP contribution in [0, 0.1) is 0 Å². The minimum atomic E-state index is -0.487. The van der Waals surface area contributed by atoms with Gasteiger partial charge in [0.2, 0.25) is 5.91 Å². The molecule has 0 aliphatic heterocycles. The third kappa shape index (κ3) is 4.74. The summed E-state index contributed by atoms with van der Waals surface area (Å²) in [5, 5.41) is 12.5. The van der Waals surface area contributed by atoms with Crippen LogP contribution in [0.5, 0.6) is 0 Å². The van der Waals surface area contributed by atoms with Crippen molar-refractivity contribution in [2.75, 3.05) is 11.1 Å². The first kappa shape index (κ1) is 17.4. The molecule has 3 unspecified atom stereocenters. The number of carbonyl (C=O) groups is 1. The highest BCUT2D eigenvalue weighted by molar-refractivity contribution is 8.01. The summed E-state index contributed by atoms with van der Waals surface area (Å²) in [6, 6.07) is 3.05. The van der Waals surface area contributed by atoms with Gasteiger partial charge in [-0.2, -0.15) is 0 Å². The van der Waals surface area contributed by atoms with Crippen LogP contribution in [-0.4, -0.2) is 27.6 Å². The summed E-state index contributed by atoms with van der Waals surface area (Å²) < 4.78 is 0. The molecule has 4 nitrogen and oxygen atoms in total. The maximum atomic E-state index is 12.1. The second-order valence-corrected chi connectivity index (χ2v) is 7.13. The van der Waals surface area contributed by atoms with Crippen LogP contribution in [0.3, 0.4) is 0 Å². The zero-order valence-electron chi connectivity index (χ0n) is 11.5. The lowest BCUT2D eigenvalue weighted by Crippen LogP contribution is -2.27. The molecule has 112 valence electrons. The fraction of sp³-hybridized carbons (Fsp3) is 0.462. The van der Waals surface area contributed by atoms with Crippen LogP contribution in [0.15, 0.2) is 12.1 Å². The number of aliphatic hydroxyl groups excluding tert-OH is 1. The monoisotopic (exact) mass is 336 g/mol. The van der Waals surface area contributed by atoms with Crippen molar-refractivity contribution in [1.29, 1.82) is 0 Å². The van der Waals surface area contributed by atoms with Crippen molar-refractivity contribution in [2.45, 2.75) is 37.4 Å². The number of rotatable bonds is 5. The number of aliphatic hydroxyl groups is 1. The Labute approximate surface area is 133 Å². The van der Waals surface area contributed by atoms with Gasteiger partial charge in [-0.05, 0) is 26.0 Å². The molecule has 7 heteroatoms. The van der Waals surface area contributed by atoms with E-state index < -0.39 is 6.10 Å². The first-order chi connectivity index (χ1) is 9.22. The van der Waals surface area contributed by atoms with Crippen molar-refractivity contribution in [3.63, 3.8) is 0 Å². The van der Waals surface area contributed by atoms with Crippen molar-refractivity contribution >= 4 is 52.2 Å². The van der Waals surface area contributed by atoms with Gasteiger partial charge in [-0.15, -0.1) is 11.8 Å². The lowest BCUT2D eigenvalue weighted by molar-refractivity contribution is -0.115. The van der Waals surface area contributed by atoms with Gasteiger partial charge < -0.3 is 16.2 Å². The Morgan fingerprint density at radius 2 is 1.95 bits per heavy atom. The van der Waals surface area contributed by atoms with E-state index in [9.17, 15) is 9.90 Å². The number of thioether (sulfide) groups is 1. The first-order valence-electron chi connectivity index (χ1n) is 6.11. The molecule has 1 rings (SSSR count). The molecule has 20 heavy (non-hydrogen) atoms.